The maximum Gasteiger partial charge on any atom is 0.275 e. The van der Waals surface area contributed by atoms with Crippen LogP contribution in [0.15, 0.2) is 18.2 Å². The first-order chi connectivity index (χ1) is 6.56. The van der Waals surface area contributed by atoms with Gasteiger partial charge in [0, 0.05) is 11.1 Å². The molecule has 1 aromatic carbocycles. The zero-order valence-corrected chi connectivity index (χ0v) is 7.81. The number of nitrogens with zero attached hydrogens (tertiary/aromatic N) is 1. The molecule has 6 heteroatoms. The Kier molecular flexibility index (Phi) is 3.40. The molecule has 0 saturated heterocycles. The molecule has 76 valence electrons. The van der Waals surface area contributed by atoms with Gasteiger partial charge in [0.2, 0.25) is 0 Å². The van der Waals surface area contributed by atoms with Crippen LogP contribution in [0.1, 0.15) is 11.7 Å². The Morgan fingerprint density at radius 1 is 1.57 bits per heavy atom. The zero-order valence-electron chi connectivity index (χ0n) is 7.05. The second kappa shape index (κ2) is 4.36. The summed E-state index contributed by atoms with van der Waals surface area (Å²) in [4.78, 5) is 9.89. The fourth-order valence-electron chi connectivity index (χ4n) is 1.06. The molecular weight excluding hydrogens is 210 g/mol. The van der Waals surface area contributed by atoms with E-state index in [9.17, 15) is 15.2 Å². The molecule has 0 bridgehead atoms. The van der Waals surface area contributed by atoms with E-state index in [1.165, 1.54) is 18.2 Å². The SMILES string of the molecule is O=[N+]([O-])c1ccc(Cl)cc1C(O)CO. The van der Waals surface area contributed by atoms with Crippen molar-refractivity contribution in [2.24, 2.45) is 0 Å². The van der Waals surface area contributed by atoms with E-state index in [1.807, 2.05) is 0 Å². The molecule has 1 aromatic rings. The van der Waals surface area contributed by atoms with Gasteiger partial charge in [-0.05, 0) is 12.1 Å². The first-order valence-electron chi connectivity index (χ1n) is 3.79. The van der Waals surface area contributed by atoms with Crippen LogP contribution in [0.4, 0.5) is 5.69 Å². The number of hydrogen-bond donors (Lipinski definition) is 2. The van der Waals surface area contributed by atoms with E-state index >= 15 is 0 Å². The number of nitro groups is 1. The summed E-state index contributed by atoms with van der Waals surface area (Å²) in [5, 5.41) is 28.7. The van der Waals surface area contributed by atoms with E-state index in [4.69, 9.17) is 16.7 Å². The van der Waals surface area contributed by atoms with Crippen molar-refractivity contribution in [3.8, 4) is 0 Å². The van der Waals surface area contributed by atoms with E-state index in [-0.39, 0.29) is 16.3 Å². The van der Waals surface area contributed by atoms with Gasteiger partial charge in [0.05, 0.1) is 17.1 Å². The number of aliphatic hydroxyl groups excluding tert-OH is 2. The molecule has 0 fully saturated rings. The molecule has 14 heavy (non-hydrogen) atoms. The average molecular weight is 218 g/mol. The third-order valence-corrected chi connectivity index (χ3v) is 1.95. The molecule has 1 rings (SSSR count). The van der Waals surface area contributed by atoms with Crippen molar-refractivity contribution < 1.29 is 15.1 Å². The quantitative estimate of drug-likeness (QED) is 0.590. The third kappa shape index (κ3) is 2.20. The molecular formula is C8H8ClNO4. The first-order valence-corrected chi connectivity index (χ1v) is 4.17. The number of hydrogen-bond acceptors (Lipinski definition) is 4. The summed E-state index contributed by atoms with van der Waals surface area (Å²) in [5.41, 5.74) is -0.235. The third-order valence-electron chi connectivity index (χ3n) is 1.72. The van der Waals surface area contributed by atoms with Crippen LogP contribution < -0.4 is 0 Å². The number of benzene rings is 1. The summed E-state index contributed by atoms with van der Waals surface area (Å²) in [7, 11) is 0. The van der Waals surface area contributed by atoms with Gasteiger partial charge < -0.3 is 10.2 Å². The second-order valence-corrected chi connectivity index (χ2v) is 3.10. The highest BCUT2D eigenvalue weighted by Crippen LogP contribution is 2.27. The van der Waals surface area contributed by atoms with Gasteiger partial charge in [-0.2, -0.15) is 0 Å². The predicted octanol–water partition coefficient (Wildman–Crippen LogP) is 1.27. The molecule has 0 radical (unpaired) electrons. The smallest absolute Gasteiger partial charge is 0.275 e. The van der Waals surface area contributed by atoms with Gasteiger partial charge in [0.25, 0.3) is 5.69 Å². The minimum absolute atomic E-state index is 0.0185. The average Bonchev–Trinajstić information content (AvgIpc) is 2.16. The van der Waals surface area contributed by atoms with Crippen LogP contribution in [0.3, 0.4) is 0 Å². The van der Waals surface area contributed by atoms with Gasteiger partial charge in [0.1, 0.15) is 6.10 Å². The normalized spacial score (nSPS) is 12.5. The van der Waals surface area contributed by atoms with Crippen LogP contribution in [0.5, 0.6) is 0 Å². The van der Waals surface area contributed by atoms with E-state index < -0.39 is 17.6 Å². The fraction of sp³-hybridized carbons (Fsp3) is 0.250. The monoisotopic (exact) mass is 217 g/mol. The van der Waals surface area contributed by atoms with Gasteiger partial charge in [-0.15, -0.1) is 0 Å². The Bertz CT molecular complexity index is 355. The maximum atomic E-state index is 10.5. The van der Waals surface area contributed by atoms with Crippen LogP contribution in [0, 0.1) is 10.1 Å². The summed E-state index contributed by atoms with van der Waals surface area (Å²) in [5.74, 6) is 0. The second-order valence-electron chi connectivity index (χ2n) is 2.66. The minimum Gasteiger partial charge on any atom is -0.393 e. The Balaban J connectivity index is 3.22. The molecule has 0 spiro atoms. The Morgan fingerprint density at radius 2 is 2.21 bits per heavy atom. The predicted molar refractivity (Wildman–Crippen MR) is 50.2 cm³/mol. The van der Waals surface area contributed by atoms with Crippen molar-refractivity contribution in [3.63, 3.8) is 0 Å². The van der Waals surface area contributed by atoms with Crippen LogP contribution in [0.25, 0.3) is 0 Å². The van der Waals surface area contributed by atoms with E-state index in [0.717, 1.165) is 0 Å². The van der Waals surface area contributed by atoms with Crippen molar-refractivity contribution in [2.75, 3.05) is 6.61 Å². The number of halogens is 1. The highest BCUT2D eigenvalue weighted by atomic mass is 35.5. The molecule has 2 N–H and O–H groups in total. The lowest BCUT2D eigenvalue weighted by molar-refractivity contribution is -0.386. The molecule has 1 atom stereocenters. The summed E-state index contributed by atoms with van der Waals surface area (Å²) >= 11 is 5.61. The highest BCUT2D eigenvalue weighted by molar-refractivity contribution is 6.30. The number of nitro benzene ring substituents is 1. The molecule has 0 saturated carbocycles. The number of aliphatic hydroxyl groups is 2. The summed E-state index contributed by atoms with van der Waals surface area (Å²) in [6.45, 7) is -0.582. The molecule has 0 aliphatic heterocycles. The van der Waals surface area contributed by atoms with Crippen molar-refractivity contribution >= 4 is 17.3 Å². The van der Waals surface area contributed by atoms with Crippen LogP contribution in [-0.4, -0.2) is 21.7 Å². The molecule has 0 heterocycles. The lowest BCUT2D eigenvalue weighted by Crippen LogP contribution is -2.06. The Labute approximate surface area is 84.7 Å². The minimum atomic E-state index is -1.28. The lowest BCUT2D eigenvalue weighted by atomic mass is 10.1. The Morgan fingerprint density at radius 3 is 2.71 bits per heavy atom. The molecule has 0 amide bonds. The standard InChI is InChI=1S/C8H8ClNO4/c9-5-1-2-7(10(13)14)6(3-5)8(12)4-11/h1-3,8,11-12H,4H2. The lowest BCUT2D eigenvalue weighted by Gasteiger charge is -2.07. The molecule has 1 unspecified atom stereocenters. The Hall–Kier alpha value is -1.17. The summed E-state index contributed by atoms with van der Waals surface area (Å²) in [6.07, 6.45) is -1.28. The molecule has 0 aliphatic rings. The van der Waals surface area contributed by atoms with Crippen LogP contribution >= 0.6 is 11.6 Å². The van der Waals surface area contributed by atoms with Crippen molar-refractivity contribution in [3.05, 3.63) is 38.9 Å². The van der Waals surface area contributed by atoms with E-state index in [2.05, 4.69) is 0 Å². The summed E-state index contributed by atoms with van der Waals surface area (Å²) < 4.78 is 0. The van der Waals surface area contributed by atoms with Gasteiger partial charge in [-0.1, -0.05) is 11.6 Å². The summed E-state index contributed by atoms with van der Waals surface area (Å²) in [6, 6.07) is 3.81. The number of rotatable bonds is 3. The van der Waals surface area contributed by atoms with Gasteiger partial charge in [0.15, 0.2) is 0 Å². The topological polar surface area (TPSA) is 83.6 Å². The van der Waals surface area contributed by atoms with E-state index in [0.29, 0.717) is 0 Å². The van der Waals surface area contributed by atoms with Gasteiger partial charge >= 0.3 is 0 Å². The van der Waals surface area contributed by atoms with Gasteiger partial charge in [-0.25, -0.2) is 0 Å². The first kappa shape index (κ1) is 10.9. The molecule has 0 aromatic heterocycles. The fourth-order valence-corrected chi connectivity index (χ4v) is 1.24. The highest BCUT2D eigenvalue weighted by Gasteiger charge is 2.19. The van der Waals surface area contributed by atoms with Crippen molar-refractivity contribution in [1.82, 2.24) is 0 Å². The largest absolute Gasteiger partial charge is 0.393 e. The molecule has 5 nitrogen and oxygen atoms in total. The maximum absolute atomic E-state index is 10.5. The van der Waals surface area contributed by atoms with Crippen molar-refractivity contribution in [2.45, 2.75) is 6.10 Å². The van der Waals surface area contributed by atoms with Crippen LogP contribution in [-0.2, 0) is 0 Å². The van der Waals surface area contributed by atoms with Crippen molar-refractivity contribution in [1.29, 1.82) is 0 Å². The van der Waals surface area contributed by atoms with Gasteiger partial charge in [-0.3, -0.25) is 10.1 Å². The van der Waals surface area contributed by atoms with E-state index in [1.54, 1.807) is 0 Å². The molecule has 0 aliphatic carbocycles. The zero-order chi connectivity index (χ0) is 10.7. The van der Waals surface area contributed by atoms with Crippen LogP contribution in [0.2, 0.25) is 5.02 Å².